The van der Waals surface area contributed by atoms with E-state index in [0.717, 1.165) is 17.1 Å². The number of aromatic nitrogens is 1. The van der Waals surface area contributed by atoms with E-state index in [2.05, 4.69) is 17.1 Å². The van der Waals surface area contributed by atoms with Crippen LogP contribution in [0.3, 0.4) is 0 Å². The Morgan fingerprint density at radius 3 is 2.67 bits per heavy atom. The molecular weight excluding hydrogens is 206 g/mol. The first kappa shape index (κ1) is 10.3. The first-order valence-electron chi connectivity index (χ1n) is 4.92. The molecule has 1 unspecified atom stereocenters. The van der Waals surface area contributed by atoms with Crippen molar-refractivity contribution in [1.29, 1.82) is 0 Å². The Morgan fingerprint density at radius 1 is 1.33 bits per heavy atom. The molecule has 0 aliphatic carbocycles. The monoisotopic (exact) mass is 219 g/mol. The van der Waals surface area contributed by atoms with Crippen molar-refractivity contribution in [2.45, 2.75) is 19.4 Å². The molecule has 0 spiro atoms. The van der Waals surface area contributed by atoms with Crippen LogP contribution < -0.4 is 0 Å². The molecule has 1 atom stereocenters. The molecule has 0 saturated carbocycles. The number of hydrogen-bond acceptors (Lipinski definition) is 3. The maximum absolute atomic E-state index is 9.35. The van der Waals surface area contributed by atoms with Gasteiger partial charge in [-0.3, -0.25) is 0 Å². The van der Waals surface area contributed by atoms with Gasteiger partial charge >= 0.3 is 0 Å². The highest BCUT2D eigenvalue weighted by Gasteiger charge is 2.06. The minimum atomic E-state index is -0.467. The van der Waals surface area contributed by atoms with Gasteiger partial charge in [-0.05, 0) is 12.5 Å². The zero-order chi connectivity index (χ0) is 10.7. The van der Waals surface area contributed by atoms with E-state index in [1.54, 1.807) is 18.3 Å². The summed E-state index contributed by atoms with van der Waals surface area (Å²) in [5.41, 5.74) is 2.02. The van der Waals surface area contributed by atoms with Crippen LogP contribution in [0.5, 0.6) is 0 Å². The summed E-state index contributed by atoms with van der Waals surface area (Å²) in [5.74, 6) is 0. The van der Waals surface area contributed by atoms with Gasteiger partial charge < -0.3 is 5.11 Å². The third kappa shape index (κ3) is 2.64. The van der Waals surface area contributed by atoms with Gasteiger partial charge in [0.1, 0.15) is 0 Å². The Hall–Kier alpha value is -1.19. The molecule has 0 fully saturated rings. The molecule has 3 heteroatoms. The first-order chi connectivity index (χ1) is 7.25. The Kier molecular flexibility index (Phi) is 3.14. The van der Waals surface area contributed by atoms with E-state index in [1.807, 2.05) is 23.6 Å². The molecule has 2 aromatic rings. The van der Waals surface area contributed by atoms with E-state index in [-0.39, 0.29) is 0 Å². The van der Waals surface area contributed by atoms with Crippen molar-refractivity contribution in [3.63, 3.8) is 0 Å². The largest absolute Gasteiger partial charge is 0.387 e. The second-order valence-corrected chi connectivity index (χ2v) is 4.45. The van der Waals surface area contributed by atoms with Gasteiger partial charge in [0, 0.05) is 11.8 Å². The molecule has 0 amide bonds. The highest BCUT2D eigenvalue weighted by atomic mass is 32.1. The molecule has 1 N–H and O–H groups in total. The predicted octanol–water partition coefficient (Wildman–Crippen LogP) is 2.79. The van der Waals surface area contributed by atoms with Gasteiger partial charge in [-0.2, -0.15) is 0 Å². The second-order valence-electron chi connectivity index (χ2n) is 3.50. The van der Waals surface area contributed by atoms with E-state index in [0.29, 0.717) is 0 Å². The van der Waals surface area contributed by atoms with E-state index < -0.39 is 6.10 Å². The summed E-state index contributed by atoms with van der Waals surface area (Å²) < 4.78 is 0. The number of hydrogen-bond donors (Lipinski definition) is 1. The Balaban J connectivity index is 2.12. The van der Waals surface area contributed by atoms with Gasteiger partial charge in [0.25, 0.3) is 0 Å². The Morgan fingerprint density at radius 2 is 2.07 bits per heavy atom. The maximum Gasteiger partial charge on any atom is 0.0973 e. The van der Waals surface area contributed by atoms with Crippen LogP contribution >= 0.6 is 11.3 Å². The van der Waals surface area contributed by atoms with Gasteiger partial charge in [-0.15, -0.1) is 11.3 Å². The average molecular weight is 219 g/mol. The highest BCUT2D eigenvalue weighted by Crippen LogP contribution is 2.18. The molecular formula is C12H13NOS. The summed E-state index contributed by atoms with van der Waals surface area (Å²) in [5, 5.41) is 12.3. The smallest absolute Gasteiger partial charge is 0.0973 e. The van der Waals surface area contributed by atoms with E-state index in [9.17, 15) is 5.11 Å². The molecule has 1 heterocycles. The number of benzene rings is 1. The molecule has 1 aromatic carbocycles. The predicted molar refractivity (Wildman–Crippen MR) is 62.0 cm³/mol. The van der Waals surface area contributed by atoms with Gasteiger partial charge in [0.2, 0.25) is 0 Å². The van der Waals surface area contributed by atoms with Crippen molar-refractivity contribution in [2.24, 2.45) is 0 Å². The molecule has 78 valence electrons. The van der Waals surface area contributed by atoms with Crippen molar-refractivity contribution in [3.05, 3.63) is 52.0 Å². The van der Waals surface area contributed by atoms with Crippen LogP contribution in [-0.2, 0) is 6.42 Å². The standard InChI is InChI=1S/C12H13NOS/c1-9(14)11-8-15-12(13-11)7-10-5-3-2-4-6-10/h2-6,8-9,14H,7H2,1H3. The van der Waals surface area contributed by atoms with Gasteiger partial charge in [-0.1, -0.05) is 30.3 Å². The molecule has 0 bridgehead atoms. The van der Waals surface area contributed by atoms with Crippen LogP contribution in [0, 0.1) is 0 Å². The molecule has 2 nitrogen and oxygen atoms in total. The van der Waals surface area contributed by atoms with Gasteiger partial charge in [0.05, 0.1) is 16.8 Å². The van der Waals surface area contributed by atoms with Crippen LogP contribution in [0.1, 0.15) is 29.3 Å². The first-order valence-corrected chi connectivity index (χ1v) is 5.80. The molecule has 15 heavy (non-hydrogen) atoms. The van der Waals surface area contributed by atoms with Gasteiger partial charge in [-0.25, -0.2) is 4.98 Å². The van der Waals surface area contributed by atoms with Crippen molar-refractivity contribution < 1.29 is 5.11 Å². The lowest BCUT2D eigenvalue weighted by Crippen LogP contribution is -1.92. The van der Waals surface area contributed by atoms with E-state index >= 15 is 0 Å². The molecule has 0 aliphatic heterocycles. The summed E-state index contributed by atoms with van der Waals surface area (Å²) in [6, 6.07) is 10.2. The lowest BCUT2D eigenvalue weighted by atomic mass is 10.2. The van der Waals surface area contributed by atoms with Crippen molar-refractivity contribution in [2.75, 3.05) is 0 Å². The van der Waals surface area contributed by atoms with Crippen molar-refractivity contribution in [1.82, 2.24) is 4.98 Å². The fourth-order valence-corrected chi connectivity index (χ4v) is 2.28. The minimum Gasteiger partial charge on any atom is -0.387 e. The SMILES string of the molecule is CC(O)c1csc(Cc2ccccc2)n1. The number of thiazole rings is 1. The number of aliphatic hydroxyl groups excluding tert-OH is 1. The van der Waals surface area contributed by atoms with Crippen molar-refractivity contribution in [3.8, 4) is 0 Å². The molecule has 1 aromatic heterocycles. The van der Waals surface area contributed by atoms with E-state index in [4.69, 9.17) is 0 Å². The quantitative estimate of drug-likeness (QED) is 0.861. The molecule has 2 rings (SSSR count). The number of aliphatic hydroxyl groups is 1. The third-order valence-electron chi connectivity index (χ3n) is 2.20. The summed E-state index contributed by atoms with van der Waals surface area (Å²) in [7, 11) is 0. The Bertz CT molecular complexity index is 422. The fourth-order valence-electron chi connectivity index (χ4n) is 1.37. The fraction of sp³-hybridized carbons (Fsp3) is 0.250. The summed E-state index contributed by atoms with van der Waals surface area (Å²) in [6.07, 6.45) is 0.379. The van der Waals surface area contributed by atoms with Gasteiger partial charge in [0.15, 0.2) is 0 Å². The molecule has 0 radical (unpaired) electrons. The molecule has 0 saturated heterocycles. The minimum absolute atomic E-state index is 0.467. The lowest BCUT2D eigenvalue weighted by molar-refractivity contribution is 0.195. The van der Waals surface area contributed by atoms with Crippen LogP contribution in [0.2, 0.25) is 0 Å². The zero-order valence-corrected chi connectivity index (χ0v) is 9.37. The normalized spacial score (nSPS) is 12.7. The Labute approximate surface area is 93.2 Å². The lowest BCUT2D eigenvalue weighted by Gasteiger charge is -1.98. The van der Waals surface area contributed by atoms with Crippen molar-refractivity contribution >= 4 is 11.3 Å². The number of rotatable bonds is 3. The van der Waals surface area contributed by atoms with Crippen LogP contribution in [0.15, 0.2) is 35.7 Å². The van der Waals surface area contributed by atoms with Crippen LogP contribution in [-0.4, -0.2) is 10.1 Å². The summed E-state index contributed by atoms with van der Waals surface area (Å²) in [6.45, 7) is 1.74. The second kappa shape index (κ2) is 4.55. The highest BCUT2D eigenvalue weighted by molar-refractivity contribution is 7.09. The third-order valence-corrected chi connectivity index (χ3v) is 3.06. The number of nitrogens with zero attached hydrogens (tertiary/aromatic N) is 1. The zero-order valence-electron chi connectivity index (χ0n) is 8.55. The molecule has 0 aliphatic rings. The summed E-state index contributed by atoms with van der Waals surface area (Å²) >= 11 is 1.60. The average Bonchev–Trinajstić information content (AvgIpc) is 2.68. The topological polar surface area (TPSA) is 33.1 Å². The maximum atomic E-state index is 9.35. The van der Waals surface area contributed by atoms with Crippen LogP contribution in [0.25, 0.3) is 0 Å². The van der Waals surface area contributed by atoms with E-state index in [1.165, 1.54) is 5.56 Å². The summed E-state index contributed by atoms with van der Waals surface area (Å²) in [4.78, 5) is 4.37. The van der Waals surface area contributed by atoms with Crippen LogP contribution in [0.4, 0.5) is 0 Å².